The molecule has 20 heavy (non-hydrogen) atoms. The predicted octanol–water partition coefficient (Wildman–Crippen LogP) is 2.30. The number of nitrogens with one attached hydrogen (secondary N) is 1. The number of rotatable bonds is 3. The number of carbonyl (C=O) groups excluding carboxylic acids is 2. The van der Waals surface area contributed by atoms with Gasteiger partial charge in [-0.05, 0) is 39.0 Å². The van der Waals surface area contributed by atoms with E-state index in [-0.39, 0.29) is 5.91 Å². The molecule has 0 spiro atoms. The van der Waals surface area contributed by atoms with Crippen LogP contribution in [0.1, 0.15) is 20.8 Å². The van der Waals surface area contributed by atoms with Crippen LogP contribution in [0.2, 0.25) is 5.02 Å². The molecule has 1 aliphatic rings. The van der Waals surface area contributed by atoms with Crippen molar-refractivity contribution in [3.8, 4) is 5.75 Å². The summed E-state index contributed by atoms with van der Waals surface area (Å²) in [7, 11) is 0. The first-order valence-electron chi connectivity index (χ1n) is 6.51. The Bertz CT molecular complexity index is 557. The molecule has 6 heteroatoms. The van der Waals surface area contributed by atoms with Crippen LogP contribution >= 0.6 is 11.6 Å². The number of ether oxygens (including phenoxy) is 1. The number of fused-ring (bicyclic) bond motifs is 1. The normalized spacial score (nSPS) is 20.7. The standard InChI is InChI=1S/C14H17ClN2O3/c1-4-17(5-2)13(19)14(3)12(18)16-10-8-9(15)6-7-11(10)20-14/h6-8H,4-5H2,1-3H3,(H,16,18). The Labute approximate surface area is 122 Å². The lowest BCUT2D eigenvalue weighted by molar-refractivity contribution is -0.154. The van der Waals surface area contributed by atoms with Crippen LogP contribution in [0.15, 0.2) is 18.2 Å². The van der Waals surface area contributed by atoms with Crippen LogP contribution in [0.5, 0.6) is 5.75 Å². The number of hydrogen-bond acceptors (Lipinski definition) is 3. The molecule has 0 aliphatic carbocycles. The summed E-state index contributed by atoms with van der Waals surface area (Å²) in [6.07, 6.45) is 0. The quantitative estimate of drug-likeness (QED) is 0.871. The SMILES string of the molecule is CCN(CC)C(=O)C1(C)Oc2ccc(Cl)cc2NC1=O. The van der Waals surface area contributed by atoms with Gasteiger partial charge in [0.05, 0.1) is 5.69 Å². The molecule has 1 aromatic rings. The second-order valence-electron chi connectivity index (χ2n) is 4.71. The van der Waals surface area contributed by atoms with Crippen molar-refractivity contribution in [2.45, 2.75) is 26.4 Å². The van der Waals surface area contributed by atoms with Gasteiger partial charge in [-0.3, -0.25) is 9.59 Å². The van der Waals surface area contributed by atoms with Gasteiger partial charge in [-0.1, -0.05) is 11.6 Å². The number of likely N-dealkylation sites (N-methyl/N-ethyl adjacent to an activating group) is 1. The van der Waals surface area contributed by atoms with Gasteiger partial charge in [-0.15, -0.1) is 0 Å². The van der Waals surface area contributed by atoms with Crippen LogP contribution < -0.4 is 10.1 Å². The van der Waals surface area contributed by atoms with Gasteiger partial charge in [0, 0.05) is 18.1 Å². The van der Waals surface area contributed by atoms with Crippen LogP contribution in [0.25, 0.3) is 0 Å². The van der Waals surface area contributed by atoms with E-state index in [0.717, 1.165) is 0 Å². The number of amides is 2. The highest BCUT2D eigenvalue weighted by Gasteiger charge is 2.48. The maximum absolute atomic E-state index is 12.5. The summed E-state index contributed by atoms with van der Waals surface area (Å²) in [5.41, 5.74) is -1.07. The number of carbonyl (C=O) groups is 2. The molecule has 108 valence electrons. The van der Waals surface area contributed by atoms with E-state index in [0.29, 0.717) is 29.5 Å². The van der Waals surface area contributed by atoms with Gasteiger partial charge in [-0.25, -0.2) is 0 Å². The molecule has 0 saturated carbocycles. The first kappa shape index (κ1) is 14.7. The third-order valence-corrected chi connectivity index (χ3v) is 3.63. The van der Waals surface area contributed by atoms with E-state index in [2.05, 4.69) is 5.32 Å². The fourth-order valence-electron chi connectivity index (χ4n) is 2.15. The molecule has 2 rings (SSSR count). The highest BCUT2D eigenvalue weighted by molar-refractivity contribution is 6.31. The summed E-state index contributed by atoms with van der Waals surface area (Å²) in [5, 5.41) is 3.17. The molecular weight excluding hydrogens is 280 g/mol. The first-order valence-corrected chi connectivity index (χ1v) is 6.89. The van der Waals surface area contributed by atoms with Gasteiger partial charge in [0.1, 0.15) is 5.75 Å². The maximum atomic E-state index is 12.5. The highest BCUT2D eigenvalue weighted by Crippen LogP contribution is 2.36. The van der Waals surface area contributed by atoms with E-state index in [4.69, 9.17) is 16.3 Å². The zero-order valence-electron chi connectivity index (χ0n) is 11.7. The Morgan fingerprint density at radius 1 is 1.40 bits per heavy atom. The van der Waals surface area contributed by atoms with Crippen LogP contribution in [0.4, 0.5) is 5.69 Å². The van der Waals surface area contributed by atoms with Gasteiger partial charge in [-0.2, -0.15) is 0 Å². The van der Waals surface area contributed by atoms with Crippen molar-refractivity contribution in [2.24, 2.45) is 0 Å². The minimum atomic E-state index is -1.55. The summed E-state index contributed by atoms with van der Waals surface area (Å²) >= 11 is 5.87. The summed E-state index contributed by atoms with van der Waals surface area (Å²) in [6, 6.07) is 4.89. The Hall–Kier alpha value is -1.75. The molecule has 1 aromatic carbocycles. The van der Waals surface area contributed by atoms with Gasteiger partial charge in [0.2, 0.25) is 0 Å². The highest BCUT2D eigenvalue weighted by atomic mass is 35.5. The Kier molecular flexibility index (Phi) is 3.90. The van der Waals surface area contributed by atoms with E-state index in [1.165, 1.54) is 6.92 Å². The largest absolute Gasteiger partial charge is 0.466 e. The van der Waals surface area contributed by atoms with Gasteiger partial charge < -0.3 is 15.0 Å². The Morgan fingerprint density at radius 3 is 2.65 bits per heavy atom. The molecule has 1 N–H and O–H groups in total. The van der Waals surface area contributed by atoms with E-state index >= 15 is 0 Å². The third kappa shape index (κ3) is 2.33. The zero-order valence-corrected chi connectivity index (χ0v) is 12.5. The first-order chi connectivity index (χ1) is 9.42. The second kappa shape index (κ2) is 5.32. The molecule has 0 aromatic heterocycles. The molecular formula is C14H17ClN2O3. The summed E-state index contributed by atoms with van der Waals surface area (Å²) in [5.74, 6) is -0.387. The smallest absolute Gasteiger partial charge is 0.278 e. The van der Waals surface area contributed by atoms with E-state index < -0.39 is 11.5 Å². The lowest BCUT2D eigenvalue weighted by Gasteiger charge is -2.36. The molecule has 2 amide bonds. The van der Waals surface area contributed by atoms with Crippen molar-refractivity contribution in [3.05, 3.63) is 23.2 Å². The summed E-state index contributed by atoms with van der Waals surface area (Å²) in [6.45, 7) is 6.25. The molecule has 0 bridgehead atoms. The van der Waals surface area contributed by atoms with Gasteiger partial charge in [0.25, 0.3) is 17.4 Å². The van der Waals surface area contributed by atoms with Crippen molar-refractivity contribution < 1.29 is 14.3 Å². The average molecular weight is 297 g/mol. The molecule has 5 nitrogen and oxygen atoms in total. The van der Waals surface area contributed by atoms with Crippen molar-refractivity contribution in [2.75, 3.05) is 18.4 Å². The van der Waals surface area contributed by atoms with Crippen molar-refractivity contribution in [3.63, 3.8) is 0 Å². The van der Waals surface area contributed by atoms with Crippen LogP contribution in [0, 0.1) is 0 Å². The second-order valence-corrected chi connectivity index (χ2v) is 5.14. The molecule has 1 unspecified atom stereocenters. The summed E-state index contributed by atoms with van der Waals surface area (Å²) in [4.78, 5) is 26.3. The number of benzene rings is 1. The number of halogens is 1. The van der Waals surface area contributed by atoms with Gasteiger partial charge >= 0.3 is 0 Å². The zero-order chi connectivity index (χ0) is 14.9. The molecule has 1 aliphatic heterocycles. The van der Waals surface area contributed by atoms with Crippen molar-refractivity contribution in [1.82, 2.24) is 4.90 Å². The maximum Gasteiger partial charge on any atom is 0.278 e. The topological polar surface area (TPSA) is 58.6 Å². The fourth-order valence-corrected chi connectivity index (χ4v) is 2.32. The predicted molar refractivity (Wildman–Crippen MR) is 77.0 cm³/mol. The molecule has 0 radical (unpaired) electrons. The summed E-state index contributed by atoms with van der Waals surface area (Å²) < 4.78 is 5.67. The average Bonchev–Trinajstić information content (AvgIpc) is 2.42. The molecule has 0 saturated heterocycles. The van der Waals surface area contributed by atoms with E-state index in [9.17, 15) is 9.59 Å². The van der Waals surface area contributed by atoms with Crippen LogP contribution in [-0.2, 0) is 9.59 Å². The number of nitrogens with zero attached hydrogens (tertiary/aromatic N) is 1. The van der Waals surface area contributed by atoms with Crippen molar-refractivity contribution in [1.29, 1.82) is 0 Å². The molecule has 1 heterocycles. The van der Waals surface area contributed by atoms with Gasteiger partial charge in [0.15, 0.2) is 0 Å². The van der Waals surface area contributed by atoms with Crippen molar-refractivity contribution >= 4 is 29.1 Å². The lowest BCUT2D eigenvalue weighted by Crippen LogP contribution is -2.59. The molecule has 1 atom stereocenters. The number of hydrogen-bond donors (Lipinski definition) is 1. The van der Waals surface area contributed by atoms with Crippen LogP contribution in [0.3, 0.4) is 0 Å². The Morgan fingerprint density at radius 2 is 2.05 bits per heavy atom. The Balaban J connectivity index is 2.36. The van der Waals surface area contributed by atoms with E-state index in [1.54, 1.807) is 23.1 Å². The third-order valence-electron chi connectivity index (χ3n) is 3.40. The van der Waals surface area contributed by atoms with Crippen LogP contribution in [-0.4, -0.2) is 35.4 Å². The monoisotopic (exact) mass is 296 g/mol. The number of anilines is 1. The van der Waals surface area contributed by atoms with E-state index in [1.807, 2.05) is 13.8 Å². The minimum absolute atomic E-state index is 0.347. The fraction of sp³-hybridized carbons (Fsp3) is 0.429. The molecule has 0 fully saturated rings. The minimum Gasteiger partial charge on any atom is -0.466 e. The lowest BCUT2D eigenvalue weighted by atomic mass is 10.0.